The van der Waals surface area contributed by atoms with Crippen LogP contribution in [0, 0.1) is 5.92 Å². The molecular formula is C12H21FO2. The summed E-state index contributed by atoms with van der Waals surface area (Å²) in [5.74, 6) is -0.954. The van der Waals surface area contributed by atoms with Gasteiger partial charge in [0.2, 0.25) is 0 Å². The van der Waals surface area contributed by atoms with Crippen molar-refractivity contribution in [1.29, 1.82) is 0 Å². The molecule has 0 aromatic heterocycles. The Hall–Kier alpha value is -0.860. The van der Waals surface area contributed by atoms with Crippen LogP contribution < -0.4 is 0 Å². The Labute approximate surface area is 91.2 Å². The van der Waals surface area contributed by atoms with Gasteiger partial charge >= 0.3 is 5.97 Å². The molecule has 0 radical (unpaired) electrons. The van der Waals surface area contributed by atoms with Gasteiger partial charge in [-0.2, -0.15) is 0 Å². The summed E-state index contributed by atoms with van der Waals surface area (Å²) in [5, 5.41) is 8.36. The fourth-order valence-electron chi connectivity index (χ4n) is 1.36. The summed E-state index contributed by atoms with van der Waals surface area (Å²) < 4.78 is 12.7. The highest BCUT2D eigenvalue weighted by atomic mass is 19.1. The molecule has 0 aliphatic rings. The van der Waals surface area contributed by atoms with E-state index in [9.17, 15) is 9.18 Å². The van der Waals surface area contributed by atoms with Crippen LogP contribution in [0.5, 0.6) is 0 Å². The molecule has 0 saturated carbocycles. The van der Waals surface area contributed by atoms with E-state index in [4.69, 9.17) is 5.11 Å². The predicted molar refractivity (Wildman–Crippen MR) is 59.6 cm³/mol. The molecule has 0 spiro atoms. The van der Waals surface area contributed by atoms with Crippen molar-refractivity contribution >= 4 is 5.97 Å². The third-order valence-corrected chi connectivity index (χ3v) is 2.39. The smallest absolute Gasteiger partial charge is 0.338 e. The van der Waals surface area contributed by atoms with Crippen molar-refractivity contribution in [1.82, 2.24) is 0 Å². The van der Waals surface area contributed by atoms with Crippen LogP contribution in [0.4, 0.5) is 4.39 Å². The Morgan fingerprint density at radius 2 is 1.93 bits per heavy atom. The van der Waals surface area contributed by atoms with Gasteiger partial charge in [0, 0.05) is 0 Å². The number of halogens is 1. The van der Waals surface area contributed by atoms with E-state index in [1.807, 2.05) is 20.8 Å². The maximum absolute atomic E-state index is 12.7. The average molecular weight is 216 g/mol. The first-order chi connectivity index (χ1) is 6.93. The molecule has 0 saturated heterocycles. The molecule has 0 unspecified atom stereocenters. The second kappa shape index (κ2) is 7.43. The number of carboxylic acid groups (broad SMARTS) is 1. The van der Waals surface area contributed by atoms with Gasteiger partial charge in [-0.25, -0.2) is 9.18 Å². The highest BCUT2D eigenvalue weighted by molar-refractivity contribution is 5.71. The number of allylic oxidation sites excluding steroid dienone is 2. The predicted octanol–water partition coefficient (Wildman–Crippen LogP) is 3.57. The minimum atomic E-state index is -1.70. The fraction of sp³-hybridized carbons (Fsp3) is 0.750. The Kier molecular flexibility index (Phi) is 7.01. The van der Waals surface area contributed by atoms with Crippen LogP contribution in [0.1, 0.15) is 46.5 Å². The maximum Gasteiger partial charge on any atom is 0.338 e. The number of carbonyl (C=O) groups is 1. The Bertz CT molecular complexity index is 220. The molecule has 15 heavy (non-hydrogen) atoms. The number of aliphatic carboxylic acids is 1. The summed E-state index contributed by atoms with van der Waals surface area (Å²) in [6, 6.07) is 0. The molecule has 0 aromatic rings. The summed E-state index contributed by atoms with van der Waals surface area (Å²) in [6.45, 7) is 6.13. The van der Waals surface area contributed by atoms with Crippen molar-refractivity contribution in [2.45, 2.75) is 52.6 Å². The lowest BCUT2D eigenvalue weighted by Crippen LogP contribution is -2.15. The first-order valence-electron chi connectivity index (χ1n) is 5.43. The summed E-state index contributed by atoms with van der Waals surface area (Å²) in [7, 11) is 0. The molecule has 0 aliphatic heterocycles. The van der Waals surface area contributed by atoms with Crippen LogP contribution in [0.3, 0.4) is 0 Å². The first-order valence-corrected chi connectivity index (χ1v) is 5.43. The third kappa shape index (κ3) is 8.16. The minimum absolute atomic E-state index is 0.130. The molecule has 0 heterocycles. The van der Waals surface area contributed by atoms with Crippen LogP contribution in [0.2, 0.25) is 0 Å². The van der Waals surface area contributed by atoms with Gasteiger partial charge in [-0.15, -0.1) is 0 Å². The Balaban J connectivity index is 3.62. The number of hydrogen-bond donors (Lipinski definition) is 1. The van der Waals surface area contributed by atoms with Crippen LogP contribution in [0.25, 0.3) is 0 Å². The van der Waals surface area contributed by atoms with E-state index in [1.165, 1.54) is 5.57 Å². The van der Waals surface area contributed by atoms with E-state index in [1.54, 1.807) is 0 Å². The SMILES string of the molecule is CC(C)=CCC[C@@H](C)CC[C@H](F)C(=O)O. The number of rotatable bonds is 7. The molecular weight excluding hydrogens is 195 g/mol. The fourth-order valence-corrected chi connectivity index (χ4v) is 1.36. The van der Waals surface area contributed by atoms with E-state index < -0.39 is 12.1 Å². The Morgan fingerprint density at radius 1 is 1.33 bits per heavy atom. The zero-order valence-electron chi connectivity index (χ0n) is 9.79. The lowest BCUT2D eigenvalue weighted by molar-refractivity contribution is -0.143. The standard InChI is InChI=1S/C12H21FO2/c1-9(2)5-4-6-10(3)7-8-11(13)12(14)15/h5,10-11H,4,6-8H2,1-3H3,(H,14,15)/t10-,11+/m1/s1. The monoisotopic (exact) mass is 216 g/mol. The van der Waals surface area contributed by atoms with E-state index in [2.05, 4.69) is 6.08 Å². The second-order valence-corrected chi connectivity index (χ2v) is 4.35. The molecule has 1 N–H and O–H groups in total. The van der Waals surface area contributed by atoms with Crippen LogP contribution in [-0.4, -0.2) is 17.2 Å². The highest BCUT2D eigenvalue weighted by Crippen LogP contribution is 2.16. The minimum Gasteiger partial charge on any atom is -0.479 e. The van der Waals surface area contributed by atoms with Crippen molar-refractivity contribution in [3.05, 3.63) is 11.6 Å². The van der Waals surface area contributed by atoms with E-state index in [0.29, 0.717) is 12.3 Å². The molecule has 0 amide bonds. The molecule has 0 fully saturated rings. The third-order valence-electron chi connectivity index (χ3n) is 2.39. The lowest BCUT2D eigenvalue weighted by atomic mass is 9.98. The zero-order valence-corrected chi connectivity index (χ0v) is 9.79. The zero-order chi connectivity index (χ0) is 11.8. The molecule has 2 nitrogen and oxygen atoms in total. The van der Waals surface area contributed by atoms with Gasteiger partial charge in [0.25, 0.3) is 0 Å². The topological polar surface area (TPSA) is 37.3 Å². The van der Waals surface area contributed by atoms with Crippen molar-refractivity contribution in [3.63, 3.8) is 0 Å². The van der Waals surface area contributed by atoms with E-state index in [-0.39, 0.29) is 6.42 Å². The van der Waals surface area contributed by atoms with E-state index >= 15 is 0 Å². The van der Waals surface area contributed by atoms with Crippen LogP contribution >= 0.6 is 0 Å². The lowest BCUT2D eigenvalue weighted by Gasteiger charge is -2.10. The largest absolute Gasteiger partial charge is 0.479 e. The van der Waals surface area contributed by atoms with Gasteiger partial charge in [0.1, 0.15) is 0 Å². The molecule has 2 atom stereocenters. The summed E-state index contributed by atoms with van der Waals surface area (Å²) >= 11 is 0. The van der Waals surface area contributed by atoms with E-state index in [0.717, 1.165) is 12.8 Å². The van der Waals surface area contributed by atoms with Crippen LogP contribution in [-0.2, 0) is 4.79 Å². The van der Waals surface area contributed by atoms with Crippen molar-refractivity contribution < 1.29 is 14.3 Å². The summed E-state index contributed by atoms with van der Waals surface area (Å²) in [6.07, 6.45) is 3.22. The van der Waals surface area contributed by atoms with Gasteiger partial charge in [-0.1, -0.05) is 18.6 Å². The number of carboxylic acids is 1. The number of alkyl halides is 1. The highest BCUT2D eigenvalue weighted by Gasteiger charge is 2.16. The normalized spacial score (nSPS) is 14.4. The van der Waals surface area contributed by atoms with Gasteiger partial charge in [-0.05, 0) is 45.4 Å². The average Bonchev–Trinajstić information content (AvgIpc) is 2.13. The van der Waals surface area contributed by atoms with Gasteiger partial charge in [0.15, 0.2) is 6.17 Å². The Morgan fingerprint density at radius 3 is 2.40 bits per heavy atom. The maximum atomic E-state index is 12.7. The molecule has 0 rings (SSSR count). The second-order valence-electron chi connectivity index (χ2n) is 4.35. The molecule has 3 heteroatoms. The summed E-state index contributed by atoms with van der Waals surface area (Å²) in [4.78, 5) is 10.2. The van der Waals surface area contributed by atoms with Crippen molar-refractivity contribution in [2.75, 3.05) is 0 Å². The summed E-state index contributed by atoms with van der Waals surface area (Å²) in [5.41, 5.74) is 1.29. The number of hydrogen-bond acceptors (Lipinski definition) is 1. The van der Waals surface area contributed by atoms with Gasteiger partial charge < -0.3 is 5.11 Å². The molecule has 88 valence electrons. The van der Waals surface area contributed by atoms with Crippen molar-refractivity contribution in [3.8, 4) is 0 Å². The quantitative estimate of drug-likeness (QED) is 0.660. The van der Waals surface area contributed by atoms with Crippen LogP contribution in [0.15, 0.2) is 11.6 Å². The molecule has 0 bridgehead atoms. The van der Waals surface area contributed by atoms with Crippen molar-refractivity contribution in [2.24, 2.45) is 5.92 Å². The van der Waals surface area contributed by atoms with Gasteiger partial charge in [-0.3, -0.25) is 0 Å². The first kappa shape index (κ1) is 14.1. The molecule has 0 aliphatic carbocycles. The molecule has 0 aromatic carbocycles. The van der Waals surface area contributed by atoms with Gasteiger partial charge in [0.05, 0.1) is 0 Å².